The fourth-order valence-electron chi connectivity index (χ4n) is 2.11. The Kier molecular flexibility index (Phi) is 8.19. The maximum absolute atomic E-state index is 4.42. The van der Waals surface area contributed by atoms with E-state index in [0.29, 0.717) is 0 Å². The van der Waals surface area contributed by atoms with Crippen LogP contribution in [0.25, 0.3) is 0 Å². The van der Waals surface area contributed by atoms with Crippen LogP contribution < -0.4 is 5.32 Å². The summed E-state index contributed by atoms with van der Waals surface area (Å²) < 4.78 is 0. The number of nitrogens with one attached hydrogen (secondary N) is 1. The molecule has 1 heterocycles. The summed E-state index contributed by atoms with van der Waals surface area (Å²) in [6.07, 6.45) is 14.0. The van der Waals surface area contributed by atoms with E-state index in [-0.39, 0.29) is 0 Å². The number of anilines is 1. The SMILES string of the molecule is CCCCCCCCCc1nccnc1NCC. The maximum Gasteiger partial charge on any atom is 0.147 e. The lowest BCUT2D eigenvalue weighted by molar-refractivity contribution is 0.587. The van der Waals surface area contributed by atoms with Crippen LogP contribution in [-0.4, -0.2) is 16.5 Å². The quantitative estimate of drug-likeness (QED) is 0.631. The lowest BCUT2D eigenvalue weighted by Crippen LogP contribution is -2.05. The molecule has 3 nitrogen and oxygen atoms in total. The van der Waals surface area contributed by atoms with E-state index in [2.05, 4.69) is 29.1 Å². The van der Waals surface area contributed by atoms with Crippen LogP contribution in [0.2, 0.25) is 0 Å². The Morgan fingerprint density at radius 3 is 2.28 bits per heavy atom. The van der Waals surface area contributed by atoms with E-state index in [1.807, 2.05) is 0 Å². The third kappa shape index (κ3) is 5.99. The zero-order valence-electron chi connectivity index (χ0n) is 11.9. The first kappa shape index (κ1) is 14.9. The second kappa shape index (κ2) is 9.86. The molecular formula is C15H27N3. The highest BCUT2D eigenvalue weighted by molar-refractivity contribution is 5.39. The Balaban J connectivity index is 2.18. The van der Waals surface area contributed by atoms with Gasteiger partial charge in [0.15, 0.2) is 0 Å². The largest absolute Gasteiger partial charge is 0.369 e. The molecule has 0 aliphatic heterocycles. The van der Waals surface area contributed by atoms with Gasteiger partial charge in [0.05, 0.1) is 5.69 Å². The van der Waals surface area contributed by atoms with Crippen LogP contribution >= 0.6 is 0 Å². The summed E-state index contributed by atoms with van der Waals surface area (Å²) in [7, 11) is 0. The van der Waals surface area contributed by atoms with Gasteiger partial charge in [-0.05, 0) is 19.8 Å². The fraction of sp³-hybridized carbons (Fsp3) is 0.733. The average Bonchev–Trinajstić information content (AvgIpc) is 2.40. The molecule has 0 bridgehead atoms. The van der Waals surface area contributed by atoms with Crippen LogP contribution in [0, 0.1) is 0 Å². The van der Waals surface area contributed by atoms with E-state index in [1.165, 1.54) is 44.9 Å². The van der Waals surface area contributed by atoms with Crippen molar-refractivity contribution in [2.24, 2.45) is 0 Å². The molecule has 0 aliphatic rings. The van der Waals surface area contributed by atoms with E-state index >= 15 is 0 Å². The number of unbranched alkanes of at least 4 members (excludes halogenated alkanes) is 6. The van der Waals surface area contributed by atoms with Gasteiger partial charge in [0, 0.05) is 18.9 Å². The summed E-state index contributed by atoms with van der Waals surface area (Å²) in [5, 5.41) is 3.27. The van der Waals surface area contributed by atoms with E-state index in [4.69, 9.17) is 0 Å². The summed E-state index contributed by atoms with van der Waals surface area (Å²) in [5.74, 6) is 0.964. The molecule has 0 saturated heterocycles. The molecule has 1 N–H and O–H groups in total. The third-order valence-electron chi connectivity index (χ3n) is 3.14. The van der Waals surface area contributed by atoms with E-state index < -0.39 is 0 Å². The number of rotatable bonds is 10. The summed E-state index contributed by atoms with van der Waals surface area (Å²) in [6.45, 7) is 5.26. The van der Waals surface area contributed by atoms with Crippen LogP contribution in [0.4, 0.5) is 5.82 Å². The first-order valence-electron chi connectivity index (χ1n) is 7.42. The van der Waals surface area contributed by atoms with Crippen LogP contribution in [-0.2, 0) is 6.42 Å². The summed E-state index contributed by atoms with van der Waals surface area (Å²) >= 11 is 0. The van der Waals surface area contributed by atoms with Crippen molar-refractivity contribution in [2.75, 3.05) is 11.9 Å². The average molecular weight is 249 g/mol. The molecule has 0 atom stereocenters. The molecule has 1 aromatic heterocycles. The fourth-order valence-corrected chi connectivity index (χ4v) is 2.11. The van der Waals surface area contributed by atoms with Crippen molar-refractivity contribution in [1.82, 2.24) is 9.97 Å². The molecule has 102 valence electrons. The summed E-state index contributed by atoms with van der Waals surface area (Å²) in [4.78, 5) is 8.75. The van der Waals surface area contributed by atoms with Gasteiger partial charge in [0.1, 0.15) is 5.82 Å². The van der Waals surface area contributed by atoms with Crippen LogP contribution in [0.15, 0.2) is 12.4 Å². The monoisotopic (exact) mass is 249 g/mol. The summed E-state index contributed by atoms with van der Waals surface area (Å²) in [5.41, 5.74) is 1.12. The second-order valence-electron chi connectivity index (χ2n) is 4.75. The number of nitrogens with zero attached hydrogens (tertiary/aromatic N) is 2. The third-order valence-corrected chi connectivity index (χ3v) is 3.14. The highest BCUT2D eigenvalue weighted by Crippen LogP contribution is 2.13. The molecule has 0 spiro atoms. The molecule has 1 aromatic rings. The molecule has 0 unspecified atom stereocenters. The predicted octanol–water partition coefficient (Wildman–Crippen LogP) is 4.20. The van der Waals surface area contributed by atoms with Gasteiger partial charge in [-0.15, -0.1) is 0 Å². The van der Waals surface area contributed by atoms with Crippen molar-refractivity contribution in [1.29, 1.82) is 0 Å². The van der Waals surface area contributed by atoms with Crippen LogP contribution in [0.1, 0.15) is 64.5 Å². The van der Waals surface area contributed by atoms with Gasteiger partial charge >= 0.3 is 0 Å². The Morgan fingerprint density at radius 2 is 1.56 bits per heavy atom. The van der Waals surface area contributed by atoms with Crippen LogP contribution in [0.3, 0.4) is 0 Å². The van der Waals surface area contributed by atoms with Crippen LogP contribution in [0.5, 0.6) is 0 Å². The molecule has 0 radical (unpaired) electrons. The Labute approximate surface area is 111 Å². The molecule has 0 aliphatic carbocycles. The molecule has 18 heavy (non-hydrogen) atoms. The predicted molar refractivity (Wildman–Crippen MR) is 77.9 cm³/mol. The van der Waals surface area contributed by atoms with Gasteiger partial charge in [0.2, 0.25) is 0 Å². The zero-order valence-corrected chi connectivity index (χ0v) is 11.9. The lowest BCUT2D eigenvalue weighted by Gasteiger charge is -2.07. The van der Waals surface area contributed by atoms with Crippen molar-refractivity contribution < 1.29 is 0 Å². The number of aromatic nitrogens is 2. The van der Waals surface area contributed by atoms with Crippen molar-refractivity contribution in [2.45, 2.75) is 65.2 Å². The number of hydrogen-bond acceptors (Lipinski definition) is 3. The highest BCUT2D eigenvalue weighted by Gasteiger charge is 2.03. The van der Waals surface area contributed by atoms with Gasteiger partial charge in [0.25, 0.3) is 0 Å². The Bertz CT molecular complexity index is 312. The maximum atomic E-state index is 4.42. The molecule has 3 heteroatoms. The lowest BCUT2D eigenvalue weighted by atomic mass is 10.1. The van der Waals surface area contributed by atoms with E-state index in [9.17, 15) is 0 Å². The van der Waals surface area contributed by atoms with Crippen molar-refractivity contribution in [3.05, 3.63) is 18.1 Å². The van der Waals surface area contributed by atoms with Gasteiger partial charge in [-0.3, -0.25) is 4.98 Å². The first-order chi connectivity index (χ1) is 8.88. The van der Waals surface area contributed by atoms with E-state index in [1.54, 1.807) is 12.4 Å². The molecule has 0 saturated carbocycles. The first-order valence-corrected chi connectivity index (χ1v) is 7.42. The van der Waals surface area contributed by atoms with Crippen molar-refractivity contribution in [3.63, 3.8) is 0 Å². The minimum atomic E-state index is 0.905. The molecule has 0 amide bonds. The van der Waals surface area contributed by atoms with Gasteiger partial charge in [-0.25, -0.2) is 4.98 Å². The number of hydrogen-bond donors (Lipinski definition) is 1. The standard InChI is InChI=1S/C15H27N3/c1-3-5-6-7-8-9-10-11-14-15(16-4-2)18-13-12-17-14/h12-13H,3-11H2,1-2H3,(H,16,18). The smallest absolute Gasteiger partial charge is 0.147 e. The Morgan fingerprint density at radius 1 is 0.889 bits per heavy atom. The molecule has 0 aromatic carbocycles. The van der Waals surface area contributed by atoms with Gasteiger partial charge < -0.3 is 5.32 Å². The van der Waals surface area contributed by atoms with Gasteiger partial charge in [-0.1, -0.05) is 45.4 Å². The summed E-state index contributed by atoms with van der Waals surface area (Å²) in [6, 6.07) is 0. The second-order valence-corrected chi connectivity index (χ2v) is 4.75. The molecule has 0 fully saturated rings. The van der Waals surface area contributed by atoms with Crippen molar-refractivity contribution >= 4 is 5.82 Å². The minimum absolute atomic E-state index is 0.905. The zero-order chi connectivity index (χ0) is 13.1. The topological polar surface area (TPSA) is 37.8 Å². The normalized spacial score (nSPS) is 10.6. The Hall–Kier alpha value is -1.12. The molecule has 1 rings (SSSR count). The minimum Gasteiger partial charge on any atom is -0.369 e. The van der Waals surface area contributed by atoms with E-state index in [0.717, 1.165) is 24.5 Å². The molecular weight excluding hydrogens is 222 g/mol. The number of aryl methyl sites for hydroxylation is 1. The highest BCUT2D eigenvalue weighted by atomic mass is 15.0. The van der Waals surface area contributed by atoms with Gasteiger partial charge in [-0.2, -0.15) is 0 Å². The van der Waals surface area contributed by atoms with Crippen molar-refractivity contribution in [3.8, 4) is 0 Å².